The molecule has 3 aliphatic rings. The fraction of sp³-hybridized carbons (Fsp3) is 0.556. The zero-order valence-corrected chi connectivity index (χ0v) is 15.0. The van der Waals surface area contributed by atoms with Gasteiger partial charge in [-0.25, -0.2) is 0 Å². The Labute approximate surface area is 153 Å². The smallest absolute Gasteiger partial charge is 0.260 e. The summed E-state index contributed by atoms with van der Waals surface area (Å²) >= 11 is 0. The number of likely N-dealkylation sites (tertiary alicyclic amines) is 1. The number of benzene rings is 1. The van der Waals surface area contributed by atoms with Crippen molar-refractivity contribution in [3.63, 3.8) is 0 Å². The first-order valence-electron chi connectivity index (χ1n) is 8.72. The number of fused-ring (bicyclic) bond motifs is 1. The molecule has 0 spiro atoms. The van der Waals surface area contributed by atoms with Gasteiger partial charge in [-0.15, -0.1) is 12.4 Å². The van der Waals surface area contributed by atoms with Crippen molar-refractivity contribution in [1.82, 2.24) is 10.2 Å². The highest BCUT2D eigenvalue weighted by Gasteiger charge is 2.38. The number of hydrogen-bond donors (Lipinski definition) is 1. The number of amides is 2. The van der Waals surface area contributed by atoms with Crippen LogP contribution in [0.3, 0.4) is 0 Å². The number of anilines is 1. The monoisotopic (exact) mass is 365 g/mol. The molecule has 0 radical (unpaired) electrons. The summed E-state index contributed by atoms with van der Waals surface area (Å²) in [6, 6.07) is 7.43. The van der Waals surface area contributed by atoms with E-state index in [-0.39, 0.29) is 30.8 Å². The highest BCUT2D eigenvalue weighted by atomic mass is 35.5. The maximum atomic E-state index is 12.3. The van der Waals surface area contributed by atoms with Gasteiger partial charge < -0.3 is 19.9 Å². The average molecular weight is 366 g/mol. The molecule has 3 aliphatic heterocycles. The first kappa shape index (κ1) is 18.0. The summed E-state index contributed by atoms with van der Waals surface area (Å²) in [5, 5.41) is 3.38. The molecular weight excluding hydrogens is 342 g/mol. The molecule has 136 valence electrons. The Morgan fingerprint density at radius 2 is 1.84 bits per heavy atom. The summed E-state index contributed by atoms with van der Waals surface area (Å²) in [5.74, 6) is 2.10. The van der Waals surface area contributed by atoms with Crippen LogP contribution >= 0.6 is 12.4 Å². The largest absolute Gasteiger partial charge is 0.484 e. The lowest BCUT2D eigenvalue weighted by Gasteiger charge is -2.18. The fourth-order valence-corrected chi connectivity index (χ4v) is 3.94. The van der Waals surface area contributed by atoms with Gasteiger partial charge in [0.25, 0.3) is 5.91 Å². The maximum absolute atomic E-state index is 12.3. The molecule has 3 saturated heterocycles. The number of nitrogens with one attached hydrogen (secondary N) is 1. The zero-order valence-electron chi connectivity index (χ0n) is 14.1. The van der Waals surface area contributed by atoms with Crippen LogP contribution in [0.15, 0.2) is 24.3 Å². The van der Waals surface area contributed by atoms with Crippen LogP contribution in [0.1, 0.15) is 12.8 Å². The zero-order chi connectivity index (χ0) is 16.5. The van der Waals surface area contributed by atoms with Crippen LogP contribution in [0.5, 0.6) is 5.75 Å². The predicted octanol–water partition coefficient (Wildman–Crippen LogP) is 1.29. The third kappa shape index (κ3) is 3.75. The van der Waals surface area contributed by atoms with E-state index in [9.17, 15) is 9.59 Å². The number of ether oxygens (including phenoxy) is 1. The minimum absolute atomic E-state index is 0. The number of carbonyl (C=O) groups is 2. The first-order chi connectivity index (χ1) is 11.7. The molecule has 0 unspecified atom stereocenters. The summed E-state index contributed by atoms with van der Waals surface area (Å²) < 4.78 is 5.64. The molecule has 0 bridgehead atoms. The van der Waals surface area contributed by atoms with E-state index >= 15 is 0 Å². The molecule has 4 rings (SSSR count). The van der Waals surface area contributed by atoms with E-state index in [2.05, 4.69) is 5.32 Å². The molecule has 2 amide bonds. The molecule has 1 aromatic rings. The highest BCUT2D eigenvalue weighted by Crippen LogP contribution is 2.27. The van der Waals surface area contributed by atoms with Gasteiger partial charge in [0.1, 0.15) is 5.75 Å². The molecule has 3 heterocycles. The van der Waals surface area contributed by atoms with Gasteiger partial charge in [-0.1, -0.05) is 0 Å². The molecule has 2 atom stereocenters. The second-order valence-electron chi connectivity index (χ2n) is 6.91. The van der Waals surface area contributed by atoms with E-state index in [4.69, 9.17) is 4.74 Å². The van der Waals surface area contributed by atoms with Crippen LogP contribution < -0.4 is 15.0 Å². The fourth-order valence-electron chi connectivity index (χ4n) is 3.94. The van der Waals surface area contributed by atoms with Crippen molar-refractivity contribution in [2.45, 2.75) is 12.8 Å². The van der Waals surface area contributed by atoms with Crippen LogP contribution in [-0.2, 0) is 9.59 Å². The van der Waals surface area contributed by atoms with Crippen molar-refractivity contribution < 1.29 is 14.3 Å². The topological polar surface area (TPSA) is 61.9 Å². The maximum Gasteiger partial charge on any atom is 0.260 e. The summed E-state index contributed by atoms with van der Waals surface area (Å²) in [4.78, 5) is 27.8. The van der Waals surface area contributed by atoms with Crippen molar-refractivity contribution in [2.24, 2.45) is 11.8 Å². The Morgan fingerprint density at radius 3 is 2.44 bits per heavy atom. The van der Waals surface area contributed by atoms with Gasteiger partial charge in [-0.3, -0.25) is 9.59 Å². The van der Waals surface area contributed by atoms with Crippen molar-refractivity contribution >= 4 is 29.9 Å². The summed E-state index contributed by atoms with van der Waals surface area (Å²) in [5.41, 5.74) is 0.899. The van der Waals surface area contributed by atoms with Crippen LogP contribution in [-0.4, -0.2) is 56.0 Å². The number of nitrogens with zero attached hydrogens (tertiary/aromatic N) is 2. The van der Waals surface area contributed by atoms with Gasteiger partial charge in [-0.05, 0) is 42.5 Å². The summed E-state index contributed by atoms with van der Waals surface area (Å²) in [7, 11) is 0. The Hall–Kier alpha value is -1.79. The van der Waals surface area contributed by atoms with Crippen molar-refractivity contribution in [2.75, 3.05) is 44.2 Å². The number of halogens is 1. The van der Waals surface area contributed by atoms with E-state index in [1.807, 2.05) is 29.2 Å². The molecule has 7 heteroatoms. The van der Waals surface area contributed by atoms with Crippen LogP contribution in [0.25, 0.3) is 0 Å². The average Bonchev–Trinajstić information content (AvgIpc) is 3.28. The second-order valence-corrected chi connectivity index (χ2v) is 6.91. The van der Waals surface area contributed by atoms with Crippen LogP contribution in [0, 0.1) is 11.8 Å². The van der Waals surface area contributed by atoms with Crippen molar-refractivity contribution in [3.8, 4) is 5.75 Å². The second kappa shape index (κ2) is 7.62. The van der Waals surface area contributed by atoms with Gasteiger partial charge in [-0.2, -0.15) is 0 Å². The third-order valence-corrected chi connectivity index (χ3v) is 5.33. The van der Waals surface area contributed by atoms with Gasteiger partial charge in [0.05, 0.1) is 0 Å². The van der Waals surface area contributed by atoms with E-state index in [1.165, 1.54) is 0 Å². The minimum atomic E-state index is 0. The van der Waals surface area contributed by atoms with Gasteiger partial charge in [0, 0.05) is 44.8 Å². The standard InChI is InChI=1S/C18H23N3O3.ClH/c22-17-2-1-7-21(17)15-3-5-16(6-4-15)24-12-18(23)20-10-13-8-19-9-14(13)11-20;/h3-6,13-14,19H,1-2,7-12H2;1H/t13-,14+;. The molecule has 1 N–H and O–H groups in total. The Bertz CT molecular complexity index is 625. The summed E-state index contributed by atoms with van der Waals surface area (Å²) in [6.45, 7) is 4.59. The number of rotatable bonds is 4. The normalized spacial score (nSPS) is 25.0. The van der Waals surface area contributed by atoms with E-state index in [1.54, 1.807) is 4.90 Å². The van der Waals surface area contributed by atoms with Crippen LogP contribution in [0.4, 0.5) is 5.69 Å². The molecule has 0 saturated carbocycles. The van der Waals surface area contributed by atoms with E-state index in [0.717, 1.165) is 44.8 Å². The number of carbonyl (C=O) groups excluding carboxylic acids is 2. The Morgan fingerprint density at radius 1 is 1.16 bits per heavy atom. The molecule has 1 aromatic carbocycles. The molecule has 0 aliphatic carbocycles. The van der Waals surface area contributed by atoms with Crippen molar-refractivity contribution in [1.29, 1.82) is 0 Å². The van der Waals surface area contributed by atoms with Crippen LogP contribution in [0.2, 0.25) is 0 Å². The molecule has 3 fully saturated rings. The highest BCUT2D eigenvalue weighted by molar-refractivity contribution is 5.95. The molecular formula is C18H24ClN3O3. The Balaban J connectivity index is 0.00000182. The summed E-state index contributed by atoms with van der Waals surface area (Å²) in [6.07, 6.45) is 1.54. The first-order valence-corrected chi connectivity index (χ1v) is 8.72. The Kier molecular flexibility index (Phi) is 5.49. The van der Waals surface area contributed by atoms with E-state index in [0.29, 0.717) is 24.0 Å². The number of hydrogen-bond acceptors (Lipinski definition) is 4. The van der Waals surface area contributed by atoms with Gasteiger partial charge in [0.2, 0.25) is 5.91 Å². The predicted molar refractivity (Wildman–Crippen MR) is 97.2 cm³/mol. The SMILES string of the molecule is Cl.O=C(COc1ccc(N2CCCC2=O)cc1)N1C[C@H]2CNC[C@H]2C1. The molecule has 25 heavy (non-hydrogen) atoms. The molecule has 6 nitrogen and oxygen atoms in total. The third-order valence-electron chi connectivity index (χ3n) is 5.33. The van der Waals surface area contributed by atoms with E-state index < -0.39 is 0 Å². The van der Waals surface area contributed by atoms with Gasteiger partial charge >= 0.3 is 0 Å². The minimum Gasteiger partial charge on any atom is -0.484 e. The quantitative estimate of drug-likeness (QED) is 0.873. The lowest BCUT2D eigenvalue weighted by atomic mass is 10.0. The van der Waals surface area contributed by atoms with Gasteiger partial charge in [0.15, 0.2) is 6.61 Å². The molecule has 0 aromatic heterocycles. The van der Waals surface area contributed by atoms with Crippen molar-refractivity contribution in [3.05, 3.63) is 24.3 Å². The lowest BCUT2D eigenvalue weighted by molar-refractivity contribution is -0.132. The lowest BCUT2D eigenvalue weighted by Crippen LogP contribution is -2.35.